The highest BCUT2D eigenvalue weighted by Crippen LogP contribution is 2.22. The number of aryl methyl sites for hydroxylation is 1. The van der Waals surface area contributed by atoms with Crippen molar-refractivity contribution in [2.45, 2.75) is 39.2 Å². The zero-order chi connectivity index (χ0) is 11.8. The molecule has 1 aromatic heterocycles. The molecule has 0 bridgehead atoms. The van der Waals surface area contributed by atoms with Crippen LogP contribution in [0.5, 0.6) is 0 Å². The second-order valence-corrected chi connectivity index (χ2v) is 4.94. The minimum atomic E-state index is -0.495. The summed E-state index contributed by atoms with van der Waals surface area (Å²) in [6.07, 6.45) is 3.34. The van der Waals surface area contributed by atoms with Crippen LogP contribution >= 0.6 is 0 Å². The SMILES string of the molecule is CC(C)(C)OC(=O)n1ncc2c1NCCC2. The molecule has 0 amide bonds. The Morgan fingerprint density at radius 3 is 3.00 bits per heavy atom. The Labute approximate surface area is 94.8 Å². The number of carbonyl (C=O) groups excluding carboxylic acids is 1. The van der Waals surface area contributed by atoms with Gasteiger partial charge in [0.15, 0.2) is 0 Å². The summed E-state index contributed by atoms with van der Waals surface area (Å²) in [6, 6.07) is 0. The molecule has 1 N–H and O–H groups in total. The lowest BCUT2D eigenvalue weighted by molar-refractivity contribution is 0.0518. The highest BCUT2D eigenvalue weighted by molar-refractivity contribution is 5.75. The number of fused-ring (bicyclic) bond motifs is 1. The molecular weight excluding hydrogens is 206 g/mol. The van der Waals surface area contributed by atoms with E-state index in [-0.39, 0.29) is 0 Å². The Kier molecular flexibility index (Phi) is 2.61. The second kappa shape index (κ2) is 3.81. The number of anilines is 1. The van der Waals surface area contributed by atoms with E-state index in [2.05, 4.69) is 10.4 Å². The molecule has 2 heterocycles. The van der Waals surface area contributed by atoms with Crippen LogP contribution in [0.25, 0.3) is 0 Å². The van der Waals surface area contributed by atoms with E-state index in [1.807, 2.05) is 20.8 Å². The molecule has 16 heavy (non-hydrogen) atoms. The van der Waals surface area contributed by atoms with Crippen LogP contribution in [0.2, 0.25) is 0 Å². The average molecular weight is 223 g/mol. The maximum Gasteiger partial charge on any atom is 0.437 e. The Hall–Kier alpha value is -1.52. The van der Waals surface area contributed by atoms with E-state index < -0.39 is 11.7 Å². The highest BCUT2D eigenvalue weighted by Gasteiger charge is 2.23. The molecule has 0 aromatic carbocycles. The smallest absolute Gasteiger partial charge is 0.437 e. The molecule has 0 unspecified atom stereocenters. The van der Waals surface area contributed by atoms with E-state index in [0.29, 0.717) is 0 Å². The van der Waals surface area contributed by atoms with Crippen molar-refractivity contribution in [1.29, 1.82) is 0 Å². The third-order valence-electron chi connectivity index (χ3n) is 2.33. The predicted octanol–water partition coefficient (Wildman–Crippen LogP) is 2.02. The molecule has 0 saturated heterocycles. The van der Waals surface area contributed by atoms with Crippen molar-refractivity contribution in [2.75, 3.05) is 11.9 Å². The largest absolute Gasteiger partial charge is 0.442 e. The number of aromatic nitrogens is 2. The van der Waals surface area contributed by atoms with Crippen molar-refractivity contribution in [3.63, 3.8) is 0 Å². The van der Waals surface area contributed by atoms with Gasteiger partial charge in [-0.15, -0.1) is 4.68 Å². The Bertz CT molecular complexity index is 404. The topological polar surface area (TPSA) is 56.2 Å². The maximum absolute atomic E-state index is 11.8. The molecular formula is C11H17N3O2. The summed E-state index contributed by atoms with van der Waals surface area (Å²) in [5.41, 5.74) is 0.585. The van der Waals surface area contributed by atoms with Gasteiger partial charge in [-0.1, -0.05) is 0 Å². The van der Waals surface area contributed by atoms with Gasteiger partial charge in [-0.05, 0) is 33.6 Å². The van der Waals surface area contributed by atoms with Gasteiger partial charge in [0.1, 0.15) is 11.4 Å². The van der Waals surface area contributed by atoms with E-state index in [0.717, 1.165) is 30.8 Å². The van der Waals surface area contributed by atoms with Crippen LogP contribution in [0.4, 0.5) is 10.6 Å². The van der Waals surface area contributed by atoms with Crippen LogP contribution in [0, 0.1) is 0 Å². The first-order chi connectivity index (χ1) is 7.47. The third-order valence-corrected chi connectivity index (χ3v) is 2.33. The number of nitrogens with one attached hydrogen (secondary N) is 1. The molecule has 1 aliphatic rings. The minimum Gasteiger partial charge on any atom is -0.442 e. The van der Waals surface area contributed by atoms with Gasteiger partial charge < -0.3 is 10.1 Å². The summed E-state index contributed by atoms with van der Waals surface area (Å²) in [4.78, 5) is 11.8. The first-order valence-electron chi connectivity index (χ1n) is 5.51. The van der Waals surface area contributed by atoms with Crippen molar-refractivity contribution in [2.24, 2.45) is 0 Å². The number of carbonyl (C=O) groups is 1. The average Bonchev–Trinajstić information content (AvgIpc) is 2.58. The number of ether oxygens (including phenoxy) is 1. The molecule has 0 spiro atoms. The van der Waals surface area contributed by atoms with Crippen LogP contribution < -0.4 is 5.32 Å². The fourth-order valence-electron chi connectivity index (χ4n) is 1.68. The summed E-state index contributed by atoms with van der Waals surface area (Å²) in [6.45, 7) is 6.40. The van der Waals surface area contributed by atoms with Crippen LogP contribution in [-0.2, 0) is 11.2 Å². The van der Waals surface area contributed by atoms with E-state index in [1.54, 1.807) is 6.20 Å². The van der Waals surface area contributed by atoms with E-state index in [4.69, 9.17) is 4.74 Å². The molecule has 1 aromatic rings. The molecule has 0 radical (unpaired) electrons. The standard InChI is InChI=1S/C11H17N3O2/c1-11(2,3)16-10(15)14-9-8(7-13-14)5-4-6-12-9/h7,12H,4-6H2,1-3H3. The van der Waals surface area contributed by atoms with Gasteiger partial charge in [0.05, 0.1) is 6.20 Å². The van der Waals surface area contributed by atoms with Crippen LogP contribution in [0.15, 0.2) is 6.20 Å². The lowest BCUT2D eigenvalue weighted by atomic mass is 10.1. The van der Waals surface area contributed by atoms with E-state index in [1.165, 1.54) is 4.68 Å². The third kappa shape index (κ3) is 2.18. The first kappa shape index (κ1) is 11.0. The fraction of sp³-hybridized carbons (Fsp3) is 0.636. The number of nitrogens with zero attached hydrogens (tertiary/aromatic N) is 2. The Morgan fingerprint density at radius 1 is 1.56 bits per heavy atom. The predicted molar refractivity (Wildman–Crippen MR) is 60.7 cm³/mol. The van der Waals surface area contributed by atoms with Crippen LogP contribution in [-0.4, -0.2) is 28.0 Å². The van der Waals surface area contributed by atoms with Crippen molar-refractivity contribution < 1.29 is 9.53 Å². The van der Waals surface area contributed by atoms with Gasteiger partial charge in [-0.25, -0.2) is 4.79 Å². The molecule has 5 nitrogen and oxygen atoms in total. The fourth-order valence-corrected chi connectivity index (χ4v) is 1.68. The zero-order valence-electron chi connectivity index (χ0n) is 9.91. The van der Waals surface area contributed by atoms with Crippen LogP contribution in [0.3, 0.4) is 0 Å². The number of hydrogen-bond donors (Lipinski definition) is 1. The lowest BCUT2D eigenvalue weighted by Crippen LogP contribution is -2.29. The summed E-state index contributed by atoms with van der Waals surface area (Å²) in [5, 5.41) is 7.24. The lowest BCUT2D eigenvalue weighted by Gasteiger charge is -2.21. The maximum atomic E-state index is 11.8. The molecule has 1 aliphatic heterocycles. The zero-order valence-corrected chi connectivity index (χ0v) is 9.91. The van der Waals surface area contributed by atoms with Gasteiger partial charge in [0.2, 0.25) is 0 Å². The van der Waals surface area contributed by atoms with Crippen LogP contribution in [0.1, 0.15) is 32.8 Å². The number of rotatable bonds is 0. The summed E-state index contributed by atoms with van der Waals surface area (Å²) < 4.78 is 6.58. The van der Waals surface area contributed by atoms with Gasteiger partial charge in [-0.3, -0.25) is 0 Å². The minimum absolute atomic E-state index is 0.428. The molecule has 2 rings (SSSR count). The summed E-state index contributed by atoms with van der Waals surface area (Å²) in [7, 11) is 0. The molecule has 5 heteroatoms. The number of hydrogen-bond acceptors (Lipinski definition) is 4. The van der Waals surface area contributed by atoms with Gasteiger partial charge in [0.25, 0.3) is 0 Å². The molecule has 0 atom stereocenters. The quantitative estimate of drug-likeness (QED) is 0.731. The van der Waals surface area contributed by atoms with Gasteiger partial charge in [0, 0.05) is 12.1 Å². The summed E-state index contributed by atoms with van der Waals surface area (Å²) in [5.74, 6) is 0.778. The molecule has 88 valence electrons. The molecule has 0 aliphatic carbocycles. The monoisotopic (exact) mass is 223 g/mol. The molecule has 0 saturated carbocycles. The van der Waals surface area contributed by atoms with Crippen molar-refractivity contribution in [3.8, 4) is 0 Å². The van der Waals surface area contributed by atoms with Crippen molar-refractivity contribution >= 4 is 11.9 Å². The van der Waals surface area contributed by atoms with Gasteiger partial charge in [-0.2, -0.15) is 5.10 Å². The Morgan fingerprint density at radius 2 is 2.31 bits per heavy atom. The molecule has 0 fully saturated rings. The highest BCUT2D eigenvalue weighted by atomic mass is 16.6. The first-order valence-corrected chi connectivity index (χ1v) is 5.51. The van der Waals surface area contributed by atoms with Crippen molar-refractivity contribution in [1.82, 2.24) is 9.78 Å². The van der Waals surface area contributed by atoms with Gasteiger partial charge >= 0.3 is 6.09 Å². The second-order valence-electron chi connectivity index (χ2n) is 4.94. The Balaban J connectivity index is 2.21. The normalized spacial score (nSPS) is 15.2. The van der Waals surface area contributed by atoms with Crippen molar-refractivity contribution in [3.05, 3.63) is 11.8 Å². The van der Waals surface area contributed by atoms with E-state index >= 15 is 0 Å². The summed E-state index contributed by atoms with van der Waals surface area (Å²) >= 11 is 0. The van der Waals surface area contributed by atoms with E-state index in [9.17, 15) is 4.79 Å².